The molecule has 1 aromatic heterocycles. The van der Waals surface area contributed by atoms with Gasteiger partial charge in [0.2, 0.25) is 0 Å². The lowest BCUT2D eigenvalue weighted by Crippen LogP contribution is -2.33. The maximum Gasteiger partial charge on any atom is 0.0635 e. The van der Waals surface area contributed by atoms with E-state index in [-0.39, 0.29) is 0 Å². The Bertz CT molecular complexity index is 383. The summed E-state index contributed by atoms with van der Waals surface area (Å²) in [6, 6.07) is 0. The fraction of sp³-hybridized carbons (Fsp3) is 0.800. The smallest absolute Gasteiger partial charge is 0.0635 e. The third-order valence-corrected chi connectivity index (χ3v) is 5.24. The molecule has 1 heterocycles. The molecule has 3 unspecified atom stereocenters. The first-order valence-corrected chi connectivity index (χ1v) is 8.34. The molecule has 0 aliphatic heterocycles. The Morgan fingerprint density at radius 2 is 2.21 bits per heavy atom. The minimum atomic E-state index is 0.639. The van der Waals surface area contributed by atoms with Gasteiger partial charge in [0.25, 0.3) is 0 Å². The molecule has 1 saturated carbocycles. The summed E-state index contributed by atoms with van der Waals surface area (Å²) in [7, 11) is 2.07. The van der Waals surface area contributed by atoms with Gasteiger partial charge in [0.1, 0.15) is 0 Å². The van der Waals surface area contributed by atoms with Crippen LogP contribution in [-0.4, -0.2) is 22.9 Å². The number of aromatic nitrogens is 2. The van der Waals surface area contributed by atoms with Crippen LogP contribution in [0.3, 0.4) is 0 Å². The van der Waals surface area contributed by atoms with Crippen molar-refractivity contribution in [2.24, 2.45) is 18.9 Å². The molecule has 1 fully saturated rings. The molecule has 1 aliphatic carbocycles. The molecular weight excluding hydrogens is 302 g/mol. The van der Waals surface area contributed by atoms with Crippen LogP contribution in [0.1, 0.15) is 51.1 Å². The van der Waals surface area contributed by atoms with Gasteiger partial charge in [-0.15, -0.1) is 0 Å². The predicted molar refractivity (Wildman–Crippen MR) is 83.3 cm³/mol. The number of aryl methyl sites for hydroxylation is 1. The molecule has 0 spiro atoms. The molecule has 1 aliphatic rings. The highest BCUT2D eigenvalue weighted by atomic mass is 79.9. The first kappa shape index (κ1) is 15.0. The Kier molecular flexibility index (Phi) is 5.46. The van der Waals surface area contributed by atoms with Gasteiger partial charge in [-0.1, -0.05) is 26.7 Å². The van der Waals surface area contributed by atoms with Crippen molar-refractivity contribution < 1.29 is 0 Å². The average Bonchev–Trinajstić information content (AvgIpc) is 2.76. The van der Waals surface area contributed by atoms with Crippen LogP contribution in [-0.2, 0) is 7.05 Å². The Hall–Kier alpha value is -0.350. The lowest BCUT2D eigenvalue weighted by Gasteiger charge is -2.36. The monoisotopic (exact) mass is 327 g/mol. The number of hydrogen-bond acceptors (Lipinski definition) is 2. The number of nitrogens with zero attached hydrogens (tertiary/aromatic N) is 2. The molecule has 4 heteroatoms. The van der Waals surface area contributed by atoms with Gasteiger partial charge in [-0.25, -0.2) is 0 Å². The number of nitrogens with one attached hydrogen (secondary N) is 1. The van der Waals surface area contributed by atoms with Crippen LogP contribution in [0.2, 0.25) is 0 Å². The summed E-state index contributed by atoms with van der Waals surface area (Å²) in [4.78, 5) is 0. The minimum absolute atomic E-state index is 0.639. The highest BCUT2D eigenvalue weighted by Gasteiger charge is 2.33. The SMILES string of the molecule is CCNCC1CCC(CC)CC1c1c(Br)cnn1C. The van der Waals surface area contributed by atoms with Crippen LogP contribution >= 0.6 is 15.9 Å². The summed E-state index contributed by atoms with van der Waals surface area (Å²) in [5, 5.41) is 7.94. The van der Waals surface area contributed by atoms with E-state index in [1.165, 1.54) is 35.8 Å². The van der Waals surface area contributed by atoms with E-state index in [1.54, 1.807) is 0 Å². The highest BCUT2D eigenvalue weighted by molar-refractivity contribution is 9.10. The van der Waals surface area contributed by atoms with Gasteiger partial charge in [-0.05, 0) is 53.7 Å². The largest absolute Gasteiger partial charge is 0.317 e. The second-order valence-electron chi connectivity index (χ2n) is 5.76. The second-order valence-corrected chi connectivity index (χ2v) is 6.62. The summed E-state index contributed by atoms with van der Waals surface area (Å²) in [6.45, 7) is 6.71. The lowest BCUT2D eigenvalue weighted by atomic mass is 9.71. The lowest BCUT2D eigenvalue weighted by molar-refractivity contribution is 0.219. The summed E-state index contributed by atoms with van der Waals surface area (Å²) in [5.74, 6) is 2.26. The normalized spacial score (nSPS) is 27.7. The third-order valence-electron chi connectivity index (χ3n) is 4.62. The van der Waals surface area contributed by atoms with Crippen LogP contribution in [0.5, 0.6) is 0 Å². The van der Waals surface area contributed by atoms with Gasteiger partial charge in [0.05, 0.1) is 16.4 Å². The van der Waals surface area contributed by atoms with Gasteiger partial charge in [0, 0.05) is 13.0 Å². The summed E-state index contributed by atoms with van der Waals surface area (Å²) < 4.78 is 3.24. The molecule has 0 saturated heterocycles. The van der Waals surface area contributed by atoms with Crippen molar-refractivity contribution >= 4 is 15.9 Å². The van der Waals surface area contributed by atoms with Gasteiger partial charge in [-0.2, -0.15) is 5.10 Å². The minimum Gasteiger partial charge on any atom is -0.317 e. The first-order chi connectivity index (χ1) is 9.17. The van der Waals surface area contributed by atoms with Gasteiger partial charge < -0.3 is 5.32 Å². The van der Waals surface area contributed by atoms with E-state index in [4.69, 9.17) is 0 Å². The summed E-state index contributed by atoms with van der Waals surface area (Å²) in [6.07, 6.45) is 7.28. The molecule has 3 nitrogen and oxygen atoms in total. The highest BCUT2D eigenvalue weighted by Crippen LogP contribution is 2.43. The van der Waals surface area contributed by atoms with E-state index < -0.39 is 0 Å². The molecular formula is C15H26BrN3. The van der Waals surface area contributed by atoms with Crippen molar-refractivity contribution in [1.29, 1.82) is 0 Å². The Morgan fingerprint density at radius 1 is 1.42 bits per heavy atom. The molecule has 1 aromatic rings. The Labute approximate surface area is 125 Å². The zero-order valence-corrected chi connectivity index (χ0v) is 13.9. The standard InChI is InChI=1S/C15H26BrN3/c1-4-11-6-7-12(9-17-5-2)13(8-11)15-14(16)10-18-19(15)3/h10-13,17H,4-9H2,1-3H3. The van der Waals surface area contributed by atoms with Crippen molar-refractivity contribution in [3.63, 3.8) is 0 Å². The molecule has 2 rings (SSSR count). The van der Waals surface area contributed by atoms with E-state index in [2.05, 4.69) is 51.9 Å². The van der Waals surface area contributed by atoms with Crippen molar-refractivity contribution in [2.75, 3.05) is 13.1 Å². The molecule has 3 atom stereocenters. The van der Waals surface area contributed by atoms with Gasteiger partial charge in [-0.3, -0.25) is 4.68 Å². The molecule has 0 amide bonds. The van der Waals surface area contributed by atoms with Crippen molar-refractivity contribution in [2.45, 2.75) is 45.4 Å². The Balaban J connectivity index is 2.19. The summed E-state index contributed by atoms with van der Waals surface area (Å²) >= 11 is 3.69. The van der Waals surface area contributed by atoms with Crippen LogP contribution in [0.4, 0.5) is 0 Å². The number of hydrogen-bond donors (Lipinski definition) is 1. The molecule has 19 heavy (non-hydrogen) atoms. The van der Waals surface area contributed by atoms with Gasteiger partial charge in [0.15, 0.2) is 0 Å². The first-order valence-electron chi connectivity index (χ1n) is 7.55. The van der Waals surface area contributed by atoms with E-state index in [0.717, 1.165) is 24.9 Å². The van der Waals surface area contributed by atoms with Crippen LogP contribution in [0.15, 0.2) is 10.7 Å². The molecule has 0 radical (unpaired) electrons. The molecule has 0 bridgehead atoms. The number of rotatable bonds is 5. The number of halogens is 1. The maximum atomic E-state index is 4.41. The van der Waals surface area contributed by atoms with Crippen LogP contribution < -0.4 is 5.32 Å². The fourth-order valence-electron chi connectivity index (χ4n) is 3.44. The molecule has 0 aromatic carbocycles. The van der Waals surface area contributed by atoms with E-state index in [0.29, 0.717) is 5.92 Å². The quantitative estimate of drug-likeness (QED) is 0.893. The van der Waals surface area contributed by atoms with E-state index >= 15 is 0 Å². The van der Waals surface area contributed by atoms with Crippen molar-refractivity contribution in [3.05, 3.63) is 16.4 Å². The predicted octanol–water partition coefficient (Wildman–Crippen LogP) is 3.70. The molecule has 108 valence electrons. The Morgan fingerprint density at radius 3 is 2.79 bits per heavy atom. The van der Waals surface area contributed by atoms with Crippen LogP contribution in [0, 0.1) is 11.8 Å². The molecule has 1 N–H and O–H groups in total. The van der Waals surface area contributed by atoms with Crippen LogP contribution in [0.25, 0.3) is 0 Å². The second kappa shape index (κ2) is 6.89. The topological polar surface area (TPSA) is 29.9 Å². The summed E-state index contributed by atoms with van der Waals surface area (Å²) in [5.41, 5.74) is 1.39. The zero-order chi connectivity index (χ0) is 13.8. The van der Waals surface area contributed by atoms with E-state index in [9.17, 15) is 0 Å². The maximum absolute atomic E-state index is 4.41. The fourth-order valence-corrected chi connectivity index (χ4v) is 4.08. The van der Waals surface area contributed by atoms with E-state index in [1.807, 2.05) is 6.20 Å². The van der Waals surface area contributed by atoms with Gasteiger partial charge >= 0.3 is 0 Å². The van der Waals surface area contributed by atoms with Crippen molar-refractivity contribution in [3.8, 4) is 0 Å². The average molecular weight is 328 g/mol. The van der Waals surface area contributed by atoms with Crippen molar-refractivity contribution in [1.82, 2.24) is 15.1 Å². The third kappa shape index (κ3) is 3.40. The zero-order valence-electron chi connectivity index (χ0n) is 12.3.